The number of benzene rings is 1. The summed E-state index contributed by atoms with van der Waals surface area (Å²) >= 11 is 5.98. The van der Waals surface area contributed by atoms with Gasteiger partial charge in [-0.2, -0.15) is 4.98 Å². The van der Waals surface area contributed by atoms with E-state index >= 15 is 0 Å². The number of carbonyl (C=O) groups is 1. The van der Waals surface area contributed by atoms with Crippen LogP contribution in [0, 0.1) is 0 Å². The standard InChI is InChI=1S/C16H16ClN3O3S/c1-23-13(21)9-10-4-6-11(7-5-10)18-15-14-12(19-16(17)20-15)3-2-8-24(14)22/h4-7H,2-3,8-9H2,1H3,(H,18,19,20)/t24-/m1/s1. The summed E-state index contributed by atoms with van der Waals surface area (Å²) < 4.78 is 17.0. The predicted molar refractivity (Wildman–Crippen MR) is 92.1 cm³/mol. The molecule has 0 radical (unpaired) electrons. The minimum absolute atomic E-state index is 0.137. The number of fused-ring (bicyclic) bond motifs is 1. The largest absolute Gasteiger partial charge is 0.469 e. The van der Waals surface area contributed by atoms with Crippen molar-refractivity contribution < 1.29 is 13.7 Å². The second-order valence-corrected chi connectivity index (χ2v) is 7.19. The summed E-state index contributed by atoms with van der Waals surface area (Å²) in [7, 11) is 0.232. The molecule has 0 saturated carbocycles. The Morgan fingerprint density at radius 1 is 1.33 bits per heavy atom. The van der Waals surface area contributed by atoms with E-state index in [9.17, 15) is 9.00 Å². The molecular formula is C16H16ClN3O3S. The van der Waals surface area contributed by atoms with Gasteiger partial charge in [0.05, 0.1) is 30.0 Å². The van der Waals surface area contributed by atoms with Crippen molar-refractivity contribution in [3.05, 3.63) is 40.8 Å². The number of hydrogen-bond donors (Lipinski definition) is 1. The van der Waals surface area contributed by atoms with Crippen LogP contribution in [0.2, 0.25) is 5.28 Å². The van der Waals surface area contributed by atoms with E-state index in [0.29, 0.717) is 16.5 Å². The van der Waals surface area contributed by atoms with Crippen LogP contribution < -0.4 is 5.32 Å². The number of halogens is 1. The lowest BCUT2D eigenvalue weighted by Gasteiger charge is -2.18. The molecule has 1 N–H and O–H groups in total. The van der Waals surface area contributed by atoms with E-state index in [1.165, 1.54) is 7.11 Å². The van der Waals surface area contributed by atoms with E-state index in [1.54, 1.807) is 0 Å². The van der Waals surface area contributed by atoms with Gasteiger partial charge in [0.25, 0.3) is 0 Å². The summed E-state index contributed by atoms with van der Waals surface area (Å²) in [5.41, 5.74) is 2.35. The fourth-order valence-corrected chi connectivity index (χ4v) is 4.03. The average molecular weight is 366 g/mol. The van der Waals surface area contributed by atoms with Gasteiger partial charge in [0.1, 0.15) is 4.90 Å². The average Bonchev–Trinajstić information content (AvgIpc) is 2.56. The van der Waals surface area contributed by atoms with Crippen molar-refractivity contribution in [3.8, 4) is 0 Å². The molecule has 1 aromatic heterocycles. The SMILES string of the molecule is COC(=O)Cc1ccc(Nc2nc(Cl)nc3c2[S@](=O)CCC3)cc1. The first-order valence-corrected chi connectivity index (χ1v) is 9.14. The Morgan fingerprint density at radius 2 is 2.08 bits per heavy atom. The van der Waals surface area contributed by atoms with E-state index in [-0.39, 0.29) is 17.7 Å². The molecule has 2 aromatic rings. The molecule has 1 aliphatic rings. The minimum Gasteiger partial charge on any atom is -0.469 e. The fourth-order valence-electron chi connectivity index (χ4n) is 2.51. The van der Waals surface area contributed by atoms with Crippen molar-refractivity contribution in [1.82, 2.24) is 9.97 Å². The van der Waals surface area contributed by atoms with Gasteiger partial charge in [0.15, 0.2) is 5.82 Å². The molecule has 0 spiro atoms. The van der Waals surface area contributed by atoms with Crippen molar-refractivity contribution in [2.75, 3.05) is 18.2 Å². The van der Waals surface area contributed by atoms with Crippen molar-refractivity contribution in [2.45, 2.75) is 24.2 Å². The maximum absolute atomic E-state index is 12.3. The van der Waals surface area contributed by atoms with Crippen molar-refractivity contribution in [1.29, 1.82) is 0 Å². The number of carbonyl (C=O) groups excluding carboxylic acids is 1. The topological polar surface area (TPSA) is 81.2 Å². The Bertz CT molecular complexity index is 796. The van der Waals surface area contributed by atoms with Gasteiger partial charge in [-0.05, 0) is 42.1 Å². The first kappa shape index (κ1) is 16.9. The number of esters is 1. The van der Waals surface area contributed by atoms with Crippen LogP contribution in [0.1, 0.15) is 17.7 Å². The lowest BCUT2D eigenvalue weighted by molar-refractivity contribution is -0.139. The highest BCUT2D eigenvalue weighted by molar-refractivity contribution is 7.85. The van der Waals surface area contributed by atoms with Crippen LogP contribution in [0.5, 0.6) is 0 Å². The Balaban J connectivity index is 1.85. The molecule has 24 heavy (non-hydrogen) atoms. The highest BCUT2D eigenvalue weighted by atomic mass is 35.5. The van der Waals surface area contributed by atoms with Crippen molar-refractivity contribution in [3.63, 3.8) is 0 Å². The number of anilines is 2. The lowest BCUT2D eigenvalue weighted by atomic mass is 10.1. The molecule has 1 atom stereocenters. The third-order valence-corrected chi connectivity index (χ3v) is 5.39. The predicted octanol–water partition coefficient (Wildman–Crippen LogP) is 2.64. The Labute approximate surface area is 147 Å². The number of aromatic nitrogens is 2. The molecule has 0 unspecified atom stereocenters. The summed E-state index contributed by atoms with van der Waals surface area (Å²) in [5.74, 6) is 0.789. The number of hydrogen-bond acceptors (Lipinski definition) is 6. The molecule has 0 fully saturated rings. The van der Waals surface area contributed by atoms with Crippen LogP contribution in [0.3, 0.4) is 0 Å². The van der Waals surface area contributed by atoms with Crippen LogP contribution in [0.15, 0.2) is 29.2 Å². The normalized spacial score (nSPS) is 16.3. The number of methoxy groups -OCH3 is 1. The number of aryl methyl sites for hydroxylation is 1. The van der Waals surface area contributed by atoms with Gasteiger partial charge in [0.2, 0.25) is 5.28 Å². The molecule has 8 heteroatoms. The first-order chi connectivity index (χ1) is 11.6. The minimum atomic E-state index is -1.13. The smallest absolute Gasteiger partial charge is 0.309 e. The number of nitrogens with zero attached hydrogens (tertiary/aromatic N) is 2. The molecule has 0 saturated heterocycles. The molecule has 1 aliphatic heterocycles. The van der Waals surface area contributed by atoms with Gasteiger partial charge in [0, 0.05) is 11.4 Å². The molecule has 126 valence electrons. The van der Waals surface area contributed by atoms with Gasteiger partial charge >= 0.3 is 5.97 Å². The fraction of sp³-hybridized carbons (Fsp3) is 0.312. The highest BCUT2D eigenvalue weighted by Crippen LogP contribution is 2.30. The van der Waals surface area contributed by atoms with E-state index in [0.717, 1.165) is 29.8 Å². The Kier molecular flexibility index (Phi) is 5.11. The highest BCUT2D eigenvalue weighted by Gasteiger charge is 2.23. The van der Waals surface area contributed by atoms with E-state index < -0.39 is 10.8 Å². The van der Waals surface area contributed by atoms with Crippen LogP contribution in [-0.2, 0) is 33.2 Å². The van der Waals surface area contributed by atoms with Crippen molar-refractivity contribution >= 4 is 39.9 Å². The maximum Gasteiger partial charge on any atom is 0.309 e. The van der Waals surface area contributed by atoms with Crippen molar-refractivity contribution in [2.24, 2.45) is 0 Å². The second-order valence-electron chi connectivity index (χ2n) is 5.35. The lowest BCUT2D eigenvalue weighted by Crippen LogP contribution is -2.15. The molecule has 0 amide bonds. The van der Waals surface area contributed by atoms with Crippen LogP contribution >= 0.6 is 11.6 Å². The third-order valence-electron chi connectivity index (χ3n) is 3.67. The van der Waals surface area contributed by atoms with E-state index in [2.05, 4.69) is 20.0 Å². The molecule has 0 aliphatic carbocycles. The van der Waals surface area contributed by atoms with Gasteiger partial charge in [-0.25, -0.2) is 4.98 Å². The zero-order valence-electron chi connectivity index (χ0n) is 13.0. The number of nitrogens with one attached hydrogen (secondary N) is 1. The summed E-state index contributed by atoms with van der Waals surface area (Å²) in [4.78, 5) is 20.3. The van der Waals surface area contributed by atoms with E-state index in [1.807, 2.05) is 24.3 Å². The zero-order valence-corrected chi connectivity index (χ0v) is 14.6. The molecule has 6 nitrogen and oxygen atoms in total. The van der Waals surface area contributed by atoms with Gasteiger partial charge in [-0.3, -0.25) is 9.00 Å². The Morgan fingerprint density at radius 3 is 2.79 bits per heavy atom. The van der Waals surface area contributed by atoms with Gasteiger partial charge in [-0.15, -0.1) is 0 Å². The third kappa shape index (κ3) is 3.73. The van der Waals surface area contributed by atoms with Gasteiger partial charge in [-0.1, -0.05) is 12.1 Å². The zero-order chi connectivity index (χ0) is 17.1. The summed E-state index contributed by atoms with van der Waals surface area (Å²) in [6.45, 7) is 0. The van der Waals surface area contributed by atoms with Crippen LogP contribution in [-0.4, -0.2) is 33.0 Å². The molecule has 1 aromatic carbocycles. The van der Waals surface area contributed by atoms with Gasteiger partial charge < -0.3 is 10.1 Å². The quantitative estimate of drug-likeness (QED) is 0.662. The molecule has 3 rings (SSSR count). The van der Waals surface area contributed by atoms with Crippen LogP contribution in [0.25, 0.3) is 0 Å². The maximum atomic E-state index is 12.3. The second kappa shape index (κ2) is 7.27. The first-order valence-electron chi connectivity index (χ1n) is 7.44. The summed E-state index contributed by atoms with van der Waals surface area (Å²) in [6, 6.07) is 7.30. The summed E-state index contributed by atoms with van der Waals surface area (Å²) in [5, 5.41) is 3.29. The molecular weight excluding hydrogens is 350 g/mol. The number of rotatable bonds is 4. The molecule has 0 bridgehead atoms. The monoisotopic (exact) mass is 365 g/mol. The molecule has 2 heterocycles. The summed E-state index contributed by atoms with van der Waals surface area (Å²) in [6.07, 6.45) is 1.79. The van der Waals surface area contributed by atoms with Crippen LogP contribution in [0.4, 0.5) is 11.5 Å². The van der Waals surface area contributed by atoms with E-state index in [4.69, 9.17) is 11.6 Å². The number of ether oxygens (including phenoxy) is 1. The Hall–Kier alpha value is -1.99.